The van der Waals surface area contributed by atoms with Crippen LogP contribution in [-0.2, 0) is 17.8 Å². The first-order valence-corrected chi connectivity index (χ1v) is 11.1. The van der Waals surface area contributed by atoms with Crippen molar-refractivity contribution in [3.05, 3.63) is 23.3 Å². The predicted octanol–water partition coefficient (Wildman–Crippen LogP) is 3.94. The highest BCUT2D eigenvalue weighted by molar-refractivity contribution is 5.85. The van der Waals surface area contributed by atoms with Crippen LogP contribution in [0.5, 0.6) is 11.5 Å². The minimum Gasteiger partial charge on any atom is -0.490 e. The molecule has 1 amide bonds. The van der Waals surface area contributed by atoms with Crippen molar-refractivity contribution in [3.8, 4) is 11.5 Å². The van der Waals surface area contributed by atoms with Crippen LogP contribution in [0.3, 0.4) is 0 Å². The van der Waals surface area contributed by atoms with Crippen molar-refractivity contribution >= 4 is 18.3 Å². The number of fused-ring (bicyclic) bond motifs is 3. The van der Waals surface area contributed by atoms with E-state index in [2.05, 4.69) is 17.0 Å². The third-order valence-electron chi connectivity index (χ3n) is 6.95. The zero-order valence-electron chi connectivity index (χ0n) is 17.7. The molecule has 29 heavy (non-hydrogen) atoms. The Labute approximate surface area is 180 Å². The topological polar surface area (TPSA) is 64.8 Å². The normalized spacial score (nSPS) is 28.2. The molecule has 2 atom stereocenters. The van der Waals surface area contributed by atoms with Crippen LogP contribution in [-0.4, -0.2) is 36.6 Å². The van der Waals surface area contributed by atoms with Gasteiger partial charge in [-0.3, -0.25) is 4.79 Å². The van der Waals surface area contributed by atoms with Crippen LogP contribution in [0, 0.1) is 17.8 Å². The summed E-state index contributed by atoms with van der Waals surface area (Å²) in [4.78, 5) is 15.4. The molecule has 2 unspecified atom stereocenters. The average molecular weight is 423 g/mol. The van der Waals surface area contributed by atoms with E-state index in [9.17, 15) is 4.79 Å². The van der Waals surface area contributed by atoms with Crippen LogP contribution in [0.25, 0.3) is 0 Å². The fraction of sp³-hybridized carbons (Fsp3) is 0.696. The number of nitrogens with two attached hydrogens (primary N) is 1. The largest absolute Gasteiger partial charge is 0.490 e. The quantitative estimate of drug-likeness (QED) is 0.780. The second-order valence-corrected chi connectivity index (χ2v) is 8.64. The number of halogens is 1. The first kappa shape index (κ1) is 22.2. The molecule has 0 aromatic heterocycles. The minimum absolute atomic E-state index is 0. The van der Waals surface area contributed by atoms with Crippen molar-refractivity contribution in [2.45, 2.75) is 65.0 Å². The molecule has 2 N–H and O–H groups in total. The van der Waals surface area contributed by atoms with E-state index in [1.807, 2.05) is 13.8 Å². The Hall–Kier alpha value is -1.46. The molecule has 6 heteroatoms. The molecule has 1 aromatic rings. The van der Waals surface area contributed by atoms with Crippen LogP contribution in [0.1, 0.15) is 57.1 Å². The van der Waals surface area contributed by atoms with Crippen LogP contribution >= 0.6 is 12.4 Å². The minimum atomic E-state index is 0. The lowest BCUT2D eigenvalue weighted by Gasteiger charge is -2.45. The van der Waals surface area contributed by atoms with Gasteiger partial charge in [-0.15, -0.1) is 12.4 Å². The lowest BCUT2D eigenvalue weighted by atomic mass is 9.65. The van der Waals surface area contributed by atoms with Gasteiger partial charge in [0.25, 0.3) is 0 Å². The molecule has 5 nitrogen and oxygen atoms in total. The molecule has 2 bridgehead atoms. The highest BCUT2D eigenvalue weighted by atomic mass is 35.5. The Balaban J connectivity index is 0.00000240. The summed E-state index contributed by atoms with van der Waals surface area (Å²) in [5.74, 6) is 3.17. The second kappa shape index (κ2) is 9.57. The Morgan fingerprint density at radius 1 is 1.07 bits per heavy atom. The summed E-state index contributed by atoms with van der Waals surface area (Å²) in [5.41, 5.74) is 8.89. The lowest BCUT2D eigenvalue weighted by molar-refractivity contribution is -0.139. The van der Waals surface area contributed by atoms with Gasteiger partial charge in [0.05, 0.1) is 13.2 Å². The number of carbonyl (C=O) groups is 1. The van der Waals surface area contributed by atoms with E-state index in [1.54, 1.807) is 0 Å². The van der Waals surface area contributed by atoms with Crippen molar-refractivity contribution < 1.29 is 14.3 Å². The highest BCUT2D eigenvalue weighted by Crippen LogP contribution is 2.43. The maximum absolute atomic E-state index is 13.3. The molecule has 2 fully saturated rings. The molecule has 0 spiro atoms. The number of hydrogen-bond acceptors (Lipinski definition) is 4. The zero-order chi connectivity index (χ0) is 19.7. The molecule has 0 radical (unpaired) electrons. The van der Waals surface area contributed by atoms with Gasteiger partial charge in [0, 0.05) is 25.0 Å². The van der Waals surface area contributed by atoms with E-state index >= 15 is 0 Å². The summed E-state index contributed by atoms with van der Waals surface area (Å²) >= 11 is 0. The van der Waals surface area contributed by atoms with Crippen molar-refractivity contribution in [1.82, 2.24) is 4.90 Å². The third-order valence-corrected chi connectivity index (χ3v) is 6.95. The number of nitrogens with zero attached hydrogens (tertiary/aromatic N) is 1. The molecule has 2 saturated carbocycles. The Kier molecular flexibility index (Phi) is 7.33. The van der Waals surface area contributed by atoms with Crippen LogP contribution in [0.4, 0.5) is 0 Å². The van der Waals surface area contributed by atoms with Gasteiger partial charge in [-0.25, -0.2) is 0 Å². The van der Waals surface area contributed by atoms with E-state index < -0.39 is 0 Å². The van der Waals surface area contributed by atoms with Crippen molar-refractivity contribution in [1.29, 1.82) is 0 Å². The average Bonchev–Trinajstić information content (AvgIpc) is 2.68. The summed E-state index contributed by atoms with van der Waals surface area (Å²) < 4.78 is 11.5. The fourth-order valence-electron chi connectivity index (χ4n) is 5.54. The van der Waals surface area contributed by atoms with Gasteiger partial charge in [0.1, 0.15) is 0 Å². The van der Waals surface area contributed by atoms with Crippen molar-refractivity contribution in [3.63, 3.8) is 0 Å². The Bertz CT molecular complexity index is 712. The fourth-order valence-corrected chi connectivity index (χ4v) is 5.54. The molecule has 1 heterocycles. The summed E-state index contributed by atoms with van der Waals surface area (Å²) in [7, 11) is 0. The number of ether oxygens (including phenoxy) is 2. The van der Waals surface area contributed by atoms with Gasteiger partial charge in [-0.2, -0.15) is 0 Å². The molecule has 162 valence electrons. The summed E-state index contributed by atoms with van der Waals surface area (Å²) in [5, 5.41) is 0. The van der Waals surface area contributed by atoms with E-state index in [0.717, 1.165) is 37.3 Å². The lowest BCUT2D eigenvalue weighted by Crippen LogP contribution is -2.50. The number of benzene rings is 1. The van der Waals surface area contributed by atoms with Gasteiger partial charge in [-0.05, 0) is 81.0 Å². The number of rotatable bonds is 5. The van der Waals surface area contributed by atoms with E-state index in [0.29, 0.717) is 43.5 Å². The monoisotopic (exact) mass is 422 g/mol. The maximum atomic E-state index is 13.3. The number of hydrogen-bond donors (Lipinski definition) is 1. The second-order valence-electron chi connectivity index (χ2n) is 8.64. The van der Waals surface area contributed by atoms with Crippen LogP contribution in [0.15, 0.2) is 12.1 Å². The molecular weight excluding hydrogens is 388 g/mol. The smallest absolute Gasteiger partial charge is 0.226 e. The predicted molar refractivity (Wildman–Crippen MR) is 117 cm³/mol. The molecule has 1 aromatic carbocycles. The first-order valence-electron chi connectivity index (χ1n) is 11.1. The van der Waals surface area contributed by atoms with Gasteiger partial charge < -0.3 is 20.1 Å². The highest BCUT2D eigenvalue weighted by Gasteiger charge is 2.42. The van der Waals surface area contributed by atoms with E-state index in [1.165, 1.54) is 30.4 Å². The third kappa shape index (κ3) is 4.51. The standard InChI is InChI=1S/C23H34N2O3.ClH/c1-3-27-20-12-15-8-9-25(14-19(15)13-21(20)28-4-2)23(26)18-10-16-6-5-7-17(11-18)22(16)24;/h12-13,16-18,22H,3-11,14,24H2,1-2H3;1H. The molecule has 1 aliphatic heterocycles. The van der Waals surface area contributed by atoms with Crippen LogP contribution in [0.2, 0.25) is 0 Å². The van der Waals surface area contributed by atoms with E-state index in [4.69, 9.17) is 15.2 Å². The SMILES string of the molecule is CCOc1cc2c(cc1OCC)CN(C(=O)C1CC3CCCC(C1)C3N)CC2.Cl. The molecule has 4 rings (SSSR count). The summed E-state index contributed by atoms with van der Waals surface area (Å²) in [6.45, 7) is 6.67. The Morgan fingerprint density at radius 3 is 2.24 bits per heavy atom. The van der Waals surface area contributed by atoms with Gasteiger partial charge in [0.2, 0.25) is 5.91 Å². The van der Waals surface area contributed by atoms with Gasteiger partial charge >= 0.3 is 0 Å². The van der Waals surface area contributed by atoms with Gasteiger partial charge in [-0.1, -0.05) is 6.42 Å². The summed E-state index contributed by atoms with van der Waals surface area (Å²) in [6.07, 6.45) is 6.51. The first-order chi connectivity index (χ1) is 13.6. The van der Waals surface area contributed by atoms with Gasteiger partial charge in [0.15, 0.2) is 11.5 Å². The molecule has 3 aliphatic rings. The van der Waals surface area contributed by atoms with Crippen molar-refractivity contribution in [2.24, 2.45) is 23.5 Å². The summed E-state index contributed by atoms with van der Waals surface area (Å²) in [6, 6.07) is 4.50. The Morgan fingerprint density at radius 2 is 1.66 bits per heavy atom. The maximum Gasteiger partial charge on any atom is 0.226 e. The molecule has 2 aliphatic carbocycles. The molecular formula is C23H35ClN2O3. The van der Waals surface area contributed by atoms with Crippen molar-refractivity contribution in [2.75, 3.05) is 19.8 Å². The van der Waals surface area contributed by atoms with E-state index in [-0.39, 0.29) is 18.3 Å². The number of carbonyl (C=O) groups excluding carboxylic acids is 1. The molecule has 0 saturated heterocycles. The van der Waals surface area contributed by atoms with Crippen LogP contribution < -0.4 is 15.2 Å². The number of amides is 1. The zero-order valence-corrected chi connectivity index (χ0v) is 18.5.